The molecule has 2 aromatic rings. The molecule has 1 atom stereocenters. The lowest BCUT2D eigenvalue weighted by Gasteiger charge is -2.19. The molecule has 0 aromatic heterocycles. The van der Waals surface area contributed by atoms with Gasteiger partial charge in [0.25, 0.3) is 0 Å². The van der Waals surface area contributed by atoms with Crippen molar-refractivity contribution in [3.8, 4) is 0 Å². The molecule has 5 heteroatoms. The summed E-state index contributed by atoms with van der Waals surface area (Å²) < 4.78 is 40.1. The standard InChI is InChI=1S/C14H11ClF3N/c1-19-14(8-4-2-3-5-10(8)15)9-6-7-11(16)13(18)12(9)17/h2-7,14,19H,1H3. The largest absolute Gasteiger partial charge is 0.309 e. The Labute approximate surface area is 114 Å². The van der Waals surface area contributed by atoms with Gasteiger partial charge < -0.3 is 5.32 Å². The van der Waals surface area contributed by atoms with Crippen LogP contribution in [0.25, 0.3) is 0 Å². The van der Waals surface area contributed by atoms with Crippen molar-refractivity contribution in [2.75, 3.05) is 7.05 Å². The monoisotopic (exact) mass is 285 g/mol. The van der Waals surface area contributed by atoms with E-state index in [1.54, 1.807) is 31.3 Å². The maximum absolute atomic E-state index is 13.8. The van der Waals surface area contributed by atoms with Crippen LogP contribution in [0.5, 0.6) is 0 Å². The molecular formula is C14H11ClF3N. The predicted molar refractivity (Wildman–Crippen MR) is 68.7 cm³/mol. The Balaban J connectivity index is 2.55. The van der Waals surface area contributed by atoms with Crippen molar-refractivity contribution in [2.24, 2.45) is 0 Å². The van der Waals surface area contributed by atoms with Crippen molar-refractivity contribution in [3.05, 3.63) is 70.0 Å². The smallest absolute Gasteiger partial charge is 0.194 e. The van der Waals surface area contributed by atoms with E-state index in [4.69, 9.17) is 11.6 Å². The molecule has 100 valence electrons. The Morgan fingerprint density at radius 3 is 2.26 bits per heavy atom. The molecule has 1 unspecified atom stereocenters. The van der Waals surface area contributed by atoms with Crippen LogP contribution in [0.1, 0.15) is 17.2 Å². The van der Waals surface area contributed by atoms with E-state index >= 15 is 0 Å². The van der Waals surface area contributed by atoms with Crippen molar-refractivity contribution in [1.29, 1.82) is 0 Å². The van der Waals surface area contributed by atoms with E-state index in [0.29, 0.717) is 10.6 Å². The third-order valence-electron chi connectivity index (χ3n) is 2.88. The molecule has 0 spiro atoms. The lowest BCUT2D eigenvalue weighted by atomic mass is 9.98. The Hall–Kier alpha value is -1.52. The lowest BCUT2D eigenvalue weighted by Crippen LogP contribution is -2.20. The van der Waals surface area contributed by atoms with Crippen LogP contribution in [-0.2, 0) is 0 Å². The summed E-state index contributed by atoms with van der Waals surface area (Å²) in [4.78, 5) is 0. The molecule has 2 rings (SSSR count). The fourth-order valence-corrected chi connectivity index (χ4v) is 2.20. The van der Waals surface area contributed by atoms with E-state index in [1.807, 2.05) is 0 Å². The fraction of sp³-hybridized carbons (Fsp3) is 0.143. The van der Waals surface area contributed by atoms with Crippen molar-refractivity contribution < 1.29 is 13.2 Å². The van der Waals surface area contributed by atoms with Gasteiger partial charge in [-0.05, 0) is 24.7 Å². The highest BCUT2D eigenvalue weighted by molar-refractivity contribution is 6.31. The molecule has 0 amide bonds. The maximum Gasteiger partial charge on any atom is 0.194 e. The van der Waals surface area contributed by atoms with Crippen molar-refractivity contribution in [1.82, 2.24) is 5.32 Å². The molecule has 0 heterocycles. The summed E-state index contributed by atoms with van der Waals surface area (Å²) in [7, 11) is 1.59. The van der Waals surface area contributed by atoms with Crippen LogP contribution in [0.15, 0.2) is 36.4 Å². The van der Waals surface area contributed by atoms with Gasteiger partial charge in [0.2, 0.25) is 0 Å². The van der Waals surface area contributed by atoms with E-state index in [0.717, 1.165) is 6.07 Å². The first-order valence-electron chi connectivity index (χ1n) is 5.61. The molecule has 1 nitrogen and oxygen atoms in total. The second-order valence-electron chi connectivity index (χ2n) is 4.01. The van der Waals surface area contributed by atoms with Crippen LogP contribution < -0.4 is 5.32 Å². The van der Waals surface area contributed by atoms with Gasteiger partial charge in [0.15, 0.2) is 17.5 Å². The molecule has 0 saturated heterocycles. The number of nitrogens with one attached hydrogen (secondary N) is 1. The summed E-state index contributed by atoms with van der Waals surface area (Å²) >= 11 is 6.04. The number of hydrogen-bond donors (Lipinski definition) is 1. The SMILES string of the molecule is CNC(c1ccccc1Cl)c1ccc(F)c(F)c1F. The molecule has 0 radical (unpaired) electrons. The Bertz CT molecular complexity index is 601. The van der Waals surface area contributed by atoms with Gasteiger partial charge >= 0.3 is 0 Å². The first-order chi connectivity index (χ1) is 9.06. The van der Waals surface area contributed by atoms with Crippen LogP contribution in [-0.4, -0.2) is 7.05 Å². The lowest BCUT2D eigenvalue weighted by molar-refractivity contribution is 0.435. The third-order valence-corrected chi connectivity index (χ3v) is 3.23. The highest BCUT2D eigenvalue weighted by Crippen LogP contribution is 2.30. The van der Waals surface area contributed by atoms with Crippen LogP contribution in [0.3, 0.4) is 0 Å². The number of rotatable bonds is 3. The molecule has 0 saturated carbocycles. The maximum atomic E-state index is 13.8. The van der Waals surface area contributed by atoms with Crippen LogP contribution in [0, 0.1) is 17.5 Å². The molecule has 2 aromatic carbocycles. The first kappa shape index (κ1) is 13.9. The number of halogens is 4. The van der Waals surface area contributed by atoms with Gasteiger partial charge in [0.05, 0.1) is 6.04 Å². The first-order valence-corrected chi connectivity index (χ1v) is 5.99. The molecule has 1 N–H and O–H groups in total. The van der Waals surface area contributed by atoms with E-state index < -0.39 is 23.5 Å². The highest BCUT2D eigenvalue weighted by Gasteiger charge is 2.22. The molecule has 0 aliphatic carbocycles. The second kappa shape index (κ2) is 5.63. The van der Waals surface area contributed by atoms with Gasteiger partial charge in [-0.1, -0.05) is 35.9 Å². The van der Waals surface area contributed by atoms with Gasteiger partial charge in [0, 0.05) is 10.6 Å². The number of hydrogen-bond acceptors (Lipinski definition) is 1. The summed E-state index contributed by atoms with van der Waals surface area (Å²) in [5.41, 5.74) is 0.603. The quantitative estimate of drug-likeness (QED) is 0.839. The minimum absolute atomic E-state index is 0.00880. The predicted octanol–water partition coefficient (Wildman–Crippen LogP) is 4.07. The minimum atomic E-state index is -1.48. The van der Waals surface area contributed by atoms with E-state index in [2.05, 4.69) is 5.32 Å². The molecule has 0 aliphatic heterocycles. The average Bonchev–Trinajstić information content (AvgIpc) is 2.41. The van der Waals surface area contributed by atoms with E-state index in [-0.39, 0.29) is 5.56 Å². The third kappa shape index (κ3) is 2.60. The normalized spacial score (nSPS) is 12.5. The zero-order chi connectivity index (χ0) is 14.0. The highest BCUT2D eigenvalue weighted by atomic mass is 35.5. The summed E-state index contributed by atoms with van der Waals surface area (Å²) in [6.45, 7) is 0. The minimum Gasteiger partial charge on any atom is -0.309 e. The van der Waals surface area contributed by atoms with Crippen molar-refractivity contribution >= 4 is 11.6 Å². The second-order valence-corrected chi connectivity index (χ2v) is 4.41. The van der Waals surface area contributed by atoms with Crippen LogP contribution >= 0.6 is 11.6 Å². The average molecular weight is 286 g/mol. The topological polar surface area (TPSA) is 12.0 Å². The zero-order valence-electron chi connectivity index (χ0n) is 10.1. The number of benzene rings is 2. The van der Waals surface area contributed by atoms with Gasteiger partial charge in [-0.3, -0.25) is 0 Å². The molecule has 0 aliphatic rings. The van der Waals surface area contributed by atoms with Gasteiger partial charge in [-0.15, -0.1) is 0 Å². The Morgan fingerprint density at radius 1 is 0.947 bits per heavy atom. The van der Waals surface area contributed by atoms with Crippen LogP contribution in [0.4, 0.5) is 13.2 Å². The van der Waals surface area contributed by atoms with Gasteiger partial charge in [-0.2, -0.15) is 0 Å². The van der Waals surface area contributed by atoms with Crippen LogP contribution in [0.2, 0.25) is 5.02 Å². The van der Waals surface area contributed by atoms with Crippen molar-refractivity contribution in [3.63, 3.8) is 0 Å². The van der Waals surface area contributed by atoms with Gasteiger partial charge in [-0.25, -0.2) is 13.2 Å². The van der Waals surface area contributed by atoms with Gasteiger partial charge in [0.1, 0.15) is 0 Å². The summed E-state index contributed by atoms with van der Waals surface area (Å²) in [5.74, 6) is -3.90. The summed E-state index contributed by atoms with van der Waals surface area (Å²) in [5, 5.41) is 3.27. The zero-order valence-corrected chi connectivity index (χ0v) is 10.8. The Kier molecular flexibility index (Phi) is 4.12. The fourth-order valence-electron chi connectivity index (χ4n) is 1.95. The van der Waals surface area contributed by atoms with E-state index in [1.165, 1.54) is 6.07 Å². The summed E-state index contributed by atoms with van der Waals surface area (Å²) in [6.07, 6.45) is 0. The molecular weight excluding hydrogens is 275 g/mol. The molecule has 0 bridgehead atoms. The molecule has 0 fully saturated rings. The summed E-state index contributed by atoms with van der Waals surface area (Å²) in [6, 6.07) is 8.28. The van der Waals surface area contributed by atoms with E-state index in [9.17, 15) is 13.2 Å². The van der Waals surface area contributed by atoms with Crippen molar-refractivity contribution in [2.45, 2.75) is 6.04 Å². The molecule has 19 heavy (non-hydrogen) atoms. The Morgan fingerprint density at radius 2 is 1.63 bits per heavy atom.